The van der Waals surface area contributed by atoms with Crippen LogP contribution in [-0.4, -0.2) is 60.3 Å². The van der Waals surface area contributed by atoms with Gasteiger partial charge in [0.25, 0.3) is 6.43 Å². The van der Waals surface area contributed by atoms with Crippen LogP contribution in [0, 0.1) is 0 Å². The molecule has 0 saturated carbocycles. The third-order valence-electron chi connectivity index (χ3n) is 4.25. The number of aromatic nitrogens is 2. The number of halogens is 2. The first-order valence-corrected chi connectivity index (χ1v) is 10.3. The second-order valence-corrected chi connectivity index (χ2v) is 8.65. The van der Waals surface area contributed by atoms with E-state index < -0.39 is 22.3 Å². The number of sulfonamides is 1. The van der Waals surface area contributed by atoms with E-state index in [4.69, 9.17) is 4.74 Å². The molecule has 0 bridgehead atoms. The van der Waals surface area contributed by atoms with Gasteiger partial charge in [0.05, 0.1) is 23.5 Å². The second kappa shape index (κ2) is 7.99. The van der Waals surface area contributed by atoms with E-state index >= 15 is 0 Å². The fraction of sp³-hybridized carbons (Fsp3) is 0.529. The van der Waals surface area contributed by atoms with Gasteiger partial charge in [0.1, 0.15) is 5.82 Å². The average molecular weight is 400 g/mol. The summed E-state index contributed by atoms with van der Waals surface area (Å²) in [4.78, 5) is 7.70. The highest BCUT2D eigenvalue weighted by Gasteiger charge is 2.30. The molecule has 1 N–H and O–H groups in total. The molecule has 1 aromatic heterocycles. The molecule has 148 valence electrons. The third-order valence-corrected chi connectivity index (χ3v) is 6.05. The number of para-hydroxylation sites is 1. The van der Waals surface area contributed by atoms with Gasteiger partial charge in [0.2, 0.25) is 10.0 Å². The quantitative estimate of drug-likeness (QED) is 0.802. The van der Waals surface area contributed by atoms with E-state index in [0.29, 0.717) is 24.0 Å². The Bertz CT molecular complexity index is 900. The number of nitrogens with one attached hydrogen (secondary N) is 1. The van der Waals surface area contributed by atoms with Crippen molar-refractivity contribution < 1.29 is 21.9 Å². The molecule has 2 heterocycles. The minimum absolute atomic E-state index is 0.0478. The maximum absolute atomic E-state index is 13.0. The van der Waals surface area contributed by atoms with Crippen molar-refractivity contribution in [1.82, 2.24) is 14.3 Å². The summed E-state index contributed by atoms with van der Waals surface area (Å²) in [5.41, 5.74) is 0.379. The lowest BCUT2D eigenvalue weighted by atomic mass is 10.2. The highest BCUT2D eigenvalue weighted by molar-refractivity contribution is 7.89. The van der Waals surface area contributed by atoms with Crippen molar-refractivity contribution in [3.05, 3.63) is 30.1 Å². The lowest BCUT2D eigenvalue weighted by Gasteiger charge is -2.34. The molecule has 0 amide bonds. The van der Waals surface area contributed by atoms with Crippen LogP contribution in [0.15, 0.2) is 24.3 Å². The first-order valence-electron chi connectivity index (χ1n) is 8.68. The highest BCUT2D eigenvalue weighted by Crippen LogP contribution is 2.24. The molecule has 1 aromatic carbocycles. The summed E-state index contributed by atoms with van der Waals surface area (Å²) in [6, 6.07) is 6.75. The number of morpholine rings is 1. The molecule has 0 radical (unpaired) electrons. The van der Waals surface area contributed by atoms with E-state index in [-0.39, 0.29) is 30.3 Å². The molecular formula is C17H22F2N4O3S. The number of hydrogen-bond donors (Lipinski definition) is 1. The smallest absolute Gasteiger partial charge is 0.297 e. The maximum atomic E-state index is 13.0. The zero-order valence-electron chi connectivity index (χ0n) is 15.1. The fourth-order valence-electron chi connectivity index (χ4n) is 3.11. The molecule has 7 nitrogen and oxygen atoms in total. The number of benzene rings is 1. The lowest BCUT2D eigenvalue weighted by Crippen LogP contribution is -2.49. The van der Waals surface area contributed by atoms with Crippen LogP contribution < -0.4 is 5.32 Å². The zero-order chi connectivity index (χ0) is 19.6. The standard InChI is InChI=1S/C17H22F2N4O3S/c1-11-9-23(10-12(2)26-11)27(24,25)8-7-20-16-13-5-3-4-6-14(13)21-17(22-16)15(18)19/h3-6,11-12,15H,7-10H2,1-2H3,(H,20,21,22). The van der Waals surface area contributed by atoms with Crippen molar-refractivity contribution in [2.75, 3.05) is 30.7 Å². The number of nitrogens with zero attached hydrogens (tertiary/aromatic N) is 3. The molecule has 1 aliphatic rings. The van der Waals surface area contributed by atoms with Gasteiger partial charge in [-0.15, -0.1) is 0 Å². The Labute approximate surface area is 156 Å². The van der Waals surface area contributed by atoms with E-state index in [0.717, 1.165) is 0 Å². The Kier molecular flexibility index (Phi) is 5.87. The molecule has 2 atom stereocenters. The van der Waals surface area contributed by atoms with Gasteiger partial charge in [-0.05, 0) is 26.0 Å². The third kappa shape index (κ3) is 4.69. The minimum Gasteiger partial charge on any atom is -0.373 e. The molecule has 2 aromatic rings. The second-order valence-electron chi connectivity index (χ2n) is 6.57. The summed E-state index contributed by atoms with van der Waals surface area (Å²) in [5.74, 6) is -0.556. The summed E-state index contributed by atoms with van der Waals surface area (Å²) < 4.78 is 58.2. The van der Waals surface area contributed by atoms with Crippen LogP contribution in [0.2, 0.25) is 0 Å². The molecule has 0 aliphatic carbocycles. The topological polar surface area (TPSA) is 84.4 Å². The monoisotopic (exact) mass is 400 g/mol. The molecule has 0 spiro atoms. The van der Waals surface area contributed by atoms with Crippen molar-refractivity contribution in [3.8, 4) is 0 Å². The van der Waals surface area contributed by atoms with Crippen molar-refractivity contribution in [2.24, 2.45) is 0 Å². The van der Waals surface area contributed by atoms with Gasteiger partial charge in [-0.25, -0.2) is 27.2 Å². The molecule has 27 heavy (non-hydrogen) atoms. The van der Waals surface area contributed by atoms with Crippen molar-refractivity contribution in [3.63, 3.8) is 0 Å². The summed E-state index contributed by atoms with van der Waals surface area (Å²) >= 11 is 0. The van der Waals surface area contributed by atoms with E-state index in [2.05, 4.69) is 15.3 Å². The summed E-state index contributed by atoms with van der Waals surface area (Å²) in [6.45, 7) is 4.31. The van der Waals surface area contributed by atoms with Gasteiger partial charge in [0, 0.05) is 25.0 Å². The van der Waals surface area contributed by atoms with Crippen molar-refractivity contribution in [2.45, 2.75) is 32.5 Å². The van der Waals surface area contributed by atoms with E-state index in [1.807, 2.05) is 13.8 Å². The van der Waals surface area contributed by atoms with Crippen LogP contribution in [0.25, 0.3) is 10.9 Å². The molecular weight excluding hydrogens is 378 g/mol. The van der Waals surface area contributed by atoms with Gasteiger partial charge in [-0.1, -0.05) is 12.1 Å². The molecule has 2 unspecified atom stereocenters. The van der Waals surface area contributed by atoms with Crippen LogP contribution in [-0.2, 0) is 14.8 Å². The van der Waals surface area contributed by atoms with Crippen LogP contribution in [0.3, 0.4) is 0 Å². The van der Waals surface area contributed by atoms with Gasteiger partial charge in [-0.3, -0.25) is 0 Å². The largest absolute Gasteiger partial charge is 0.373 e. The van der Waals surface area contributed by atoms with Crippen LogP contribution in [0.5, 0.6) is 0 Å². The van der Waals surface area contributed by atoms with Crippen LogP contribution in [0.4, 0.5) is 14.6 Å². The number of hydrogen-bond acceptors (Lipinski definition) is 6. The molecule has 1 aliphatic heterocycles. The van der Waals surface area contributed by atoms with Crippen molar-refractivity contribution >= 4 is 26.7 Å². The van der Waals surface area contributed by atoms with Gasteiger partial charge in [-0.2, -0.15) is 4.31 Å². The molecule has 1 saturated heterocycles. The van der Waals surface area contributed by atoms with Gasteiger partial charge < -0.3 is 10.1 Å². The van der Waals surface area contributed by atoms with E-state index in [1.54, 1.807) is 24.3 Å². The predicted molar refractivity (Wildman–Crippen MR) is 98.4 cm³/mol. The maximum Gasteiger partial charge on any atom is 0.297 e. The Morgan fingerprint density at radius 2 is 1.89 bits per heavy atom. The minimum atomic E-state index is -3.50. The predicted octanol–water partition coefficient (Wildman–Crippen LogP) is 2.42. The average Bonchev–Trinajstić information content (AvgIpc) is 2.60. The lowest BCUT2D eigenvalue weighted by molar-refractivity contribution is -0.0440. The highest BCUT2D eigenvalue weighted by atomic mass is 32.2. The van der Waals surface area contributed by atoms with Crippen LogP contribution >= 0.6 is 0 Å². The van der Waals surface area contributed by atoms with Gasteiger partial charge in [0.15, 0.2) is 5.82 Å². The van der Waals surface area contributed by atoms with Crippen LogP contribution in [0.1, 0.15) is 26.1 Å². The Balaban J connectivity index is 1.73. The SMILES string of the molecule is CC1CN(S(=O)(=O)CCNc2nc(C(F)F)nc3ccccc23)CC(C)O1. The summed E-state index contributed by atoms with van der Waals surface area (Å²) in [6.07, 6.45) is -3.15. The van der Waals surface area contributed by atoms with Gasteiger partial charge >= 0.3 is 0 Å². The Hall–Kier alpha value is -1.91. The fourth-order valence-corrected chi connectivity index (χ4v) is 4.60. The normalized spacial score (nSPS) is 21.7. The number of ether oxygens (including phenoxy) is 1. The molecule has 3 rings (SSSR count). The number of alkyl halides is 2. The van der Waals surface area contributed by atoms with E-state index in [9.17, 15) is 17.2 Å². The van der Waals surface area contributed by atoms with Crippen molar-refractivity contribution in [1.29, 1.82) is 0 Å². The Morgan fingerprint density at radius 1 is 1.22 bits per heavy atom. The number of fused-ring (bicyclic) bond motifs is 1. The molecule has 1 fully saturated rings. The Morgan fingerprint density at radius 3 is 2.56 bits per heavy atom. The first-order chi connectivity index (χ1) is 12.8. The number of rotatable bonds is 6. The summed E-state index contributed by atoms with van der Waals surface area (Å²) in [7, 11) is -3.50. The first kappa shape index (κ1) is 19.8. The summed E-state index contributed by atoms with van der Waals surface area (Å²) in [5, 5.41) is 3.44. The van der Waals surface area contributed by atoms with E-state index in [1.165, 1.54) is 4.31 Å². The molecule has 10 heteroatoms. The number of anilines is 1. The zero-order valence-corrected chi connectivity index (χ0v) is 15.9.